The molecule has 8 rings (SSSR count). The quantitative estimate of drug-likeness (QED) is 0.128. The number of rotatable bonds is 11. The van der Waals surface area contributed by atoms with Gasteiger partial charge in [0.05, 0.1) is 40.5 Å². The molecule has 3 aliphatic rings. The Morgan fingerprint density at radius 1 is 0.984 bits per heavy atom. The number of aromatic nitrogens is 4. The standard InChI is InChI=1S/C46H54N8O5S2/c1-24-28(5)61-43-36(24)37(48-27(4)40-52-51-29(6)54(40)43)32-12-10-30(11-13-32)22-59-46(18-19-46)44(58)50-39(45(7,8)9)42(57)53-21-34(55)20-35(53)41(56)49-25(2)31-14-16-33(17-15-31)38-26(3)47-23-60-38/h10-17,23,25,27,34-35,39,55H,18-22H2,1-9H3,(H,49,56)(H,50,58)/t25-,27-,34+,35-,39?/m0/s1. The van der Waals surface area contributed by atoms with E-state index in [4.69, 9.17) is 9.73 Å². The van der Waals surface area contributed by atoms with Gasteiger partial charge in [0.2, 0.25) is 11.8 Å². The van der Waals surface area contributed by atoms with Crippen molar-refractivity contribution in [2.45, 2.75) is 124 Å². The van der Waals surface area contributed by atoms with E-state index in [2.05, 4.69) is 44.2 Å². The number of ether oxygens (including phenoxy) is 1. The van der Waals surface area contributed by atoms with Crippen molar-refractivity contribution in [2.75, 3.05) is 6.54 Å². The molecule has 1 saturated heterocycles. The van der Waals surface area contributed by atoms with Crippen LogP contribution in [0.5, 0.6) is 0 Å². The zero-order chi connectivity index (χ0) is 43.5. The van der Waals surface area contributed by atoms with Gasteiger partial charge in [-0.25, -0.2) is 4.98 Å². The maximum Gasteiger partial charge on any atom is 0.252 e. The van der Waals surface area contributed by atoms with Gasteiger partial charge in [-0.15, -0.1) is 32.9 Å². The third-order valence-corrected chi connectivity index (χ3v) is 14.4. The lowest BCUT2D eigenvalue weighted by Crippen LogP contribution is -2.59. The molecule has 320 valence electrons. The number of nitrogens with one attached hydrogen (secondary N) is 2. The molecule has 5 aromatic rings. The van der Waals surface area contributed by atoms with Crippen LogP contribution >= 0.6 is 22.7 Å². The highest BCUT2D eigenvalue weighted by molar-refractivity contribution is 7.15. The third-order valence-electron chi connectivity index (χ3n) is 12.2. The number of aryl methyl sites for hydroxylation is 3. The second-order valence-electron chi connectivity index (χ2n) is 17.8. The first-order valence-corrected chi connectivity index (χ1v) is 22.6. The van der Waals surface area contributed by atoms with E-state index < -0.39 is 35.1 Å². The summed E-state index contributed by atoms with van der Waals surface area (Å²) in [5.41, 5.74) is 8.05. The van der Waals surface area contributed by atoms with E-state index in [0.717, 1.165) is 60.7 Å². The highest BCUT2D eigenvalue weighted by atomic mass is 32.1. The van der Waals surface area contributed by atoms with Crippen LogP contribution in [0.1, 0.15) is 116 Å². The Morgan fingerprint density at radius 3 is 2.31 bits per heavy atom. The summed E-state index contributed by atoms with van der Waals surface area (Å²) in [6.07, 6.45) is 0.277. The van der Waals surface area contributed by atoms with Crippen LogP contribution in [0.4, 0.5) is 0 Å². The Labute approximate surface area is 364 Å². The molecule has 5 atom stereocenters. The zero-order valence-corrected chi connectivity index (χ0v) is 37.8. The van der Waals surface area contributed by atoms with Crippen molar-refractivity contribution in [3.63, 3.8) is 0 Å². The van der Waals surface area contributed by atoms with Gasteiger partial charge in [-0.3, -0.25) is 23.9 Å². The number of carbonyl (C=O) groups excluding carboxylic acids is 3. The predicted octanol–water partition coefficient (Wildman–Crippen LogP) is 7.02. The SMILES string of the molecule is Cc1ncsc1-c1ccc([C@H](C)NC(=O)[C@@H]2C[C@@H](O)CN2C(=O)C(NC(=O)C2(OCc3ccc(C4=N[C@@H](C)c5nnc(C)n5-c5sc(C)c(C)c54)cc3)CC2)C(C)(C)C)cc1. The zero-order valence-electron chi connectivity index (χ0n) is 36.2. The molecule has 2 aromatic carbocycles. The van der Waals surface area contributed by atoms with Gasteiger partial charge >= 0.3 is 0 Å². The molecule has 1 unspecified atom stereocenters. The summed E-state index contributed by atoms with van der Waals surface area (Å²) >= 11 is 3.31. The molecule has 0 radical (unpaired) electrons. The fourth-order valence-electron chi connectivity index (χ4n) is 8.29. The van der Waals surface area contributed by atoms with Crippen molar-refractivity contribution >= 4 is 46.1 Å². The number of amides is 3. The lowest BCUT2D eigenvalue weighted by Gasteiger charge is -2.36. The fourth-order valence-corrected chi connectivity index (χ4v) is 10.3. The molecular formula is C46H54N8O5S2. The van der Waals surface area contributed by atoms with Crippen LogP contribution in [0.15, 0.2) is 59.0 Å². The van der Waals surface area contributed by atoms with Gasteiger partial charge < -0.3 is 25.4 Å². The largest absolute Gasteiger partial charge is 0.391 e. The first-order chi connectivity index (χ1) is 29.0. The second-order valence-corrected chi connectivity index (χ2v) is 19.9. The minimum Gasteiger partial charge on any atom is -0.391 e. The molecule has 13 nitrogen and oxygen atoms in total. The number of fused-ring (bicyclic) bond motifs is 3. The van der Waals surface area contributed by atoms with Gasteiger partial charge in [0.25, 0.3) is 5.91 Å². The van der Waals surface area contributed by atoms with Crippen LogP contribution < -0.4 is 10.6 Å². The number of thiophene rings is 1. The van der Waals surface area contributed by atoms with E-state index in [-0.39, 0.29) is 43.5 Å². The Kier molecular flexibility index (Phi) is 11.4. The van der Waals surface area contributed by atoms with Crippen molar-refractivity contribution in [1.82, 2.24) is 35.3 Å². The van der Waals surface area contributed by atoms with Crippen LogP contribution in [0.25, 0.3) is 15.4 Å². The summed E-state index contributed by atoms with van der Waals surface area (Å²) in [6.45, 7) is 18.0. The van der Waals surface area contributed by atoms with Gasteiger partial charge in [-0.1, -0.05) is 69.3 Å². The van der Waals surface area contributed by atoms with Crippen LogP contribution in [0, 0.1) is 33.1 Å². The van der Waals surface area contributed by atoms with Gasteiger partial charge in [-0.2, -0.15) is 0 Å². The molecule has 0 spiro atoms. The number of likely N-dealkylation sites (tertiary alicyclic amines) is 1. The molecule has 2 fully saturated rings. The van der Waals surface area contributed by atoms with Crippen LogP contribution in [0.3, 0.4) is 0 Å². The molecule has 15 heteroatoms. The average Bonchev–Trinajstić information content (AvgIpc) is 3.40. The minimum atomic E-state index is -1.07. The van der Waals surface area contributed by atoms with Gasteiger partial charge in [0, 0.05) is 29.0 Å². The first kappa shape index (κ1) is 42.6. The van der Waals surface area contributed by atoms with Gasteiger partial charge in [0.15, 0.2) is 5.82 Å². The van der Waals surface area contributed by atoms with Crippen molar-refractivity contribution in [1.29, 1.82) is 0 Å². The molecule has 3 N–H and O–H groups in total. The number of nitrogens with zero attached hydrogens (tertiary/aromatic N) is 6. The first-order valence-electron chi connectivity index (χ1n) is 20.9. The maximum absolute atomic E-state index is 14.4. The molecule has 0 bridgehead atoms. The molecule has 61 heavy (non-hydrogen) atoms. The monoisotopic (exact) mass is 862 g/mol. The molecule has 3 amide bonds. The summed E-state index contributed by atoms with van der Waals surface area (Å²) in [6, 6.07) is 13.7. The van der Waals surface area contributed by atoms with Crippen LogP contribution in [-0.4, -0.2) is 83.5 Å². The molecule has 3 aromatic heterocycles. The van der Waals surface area contributed by atoms with Crippen molar-refractivity contribution in [2.24, 2.45) is 10.4 Å². The highest BCUT2D eigenvalue weighted by Crippen LogP contribution is 2.42. The van der Waals surface area contributed by atoms with Crippen LogP contribution in [-0.2, 0) is 25.7 Å². The number of hydrogen-bond acceptors (Lipinski definition) is 11. The Morgan fingerprint density at radius 2 is 1.67 bits per heavy atom. The van der Waals surface area contributed by atoms with E-state index in [0.29, 0.717) is 12.8 Å². The summed E-state index contributed by atoms with van der Waals surface area (Å²) in [4.78, 5) is 55.4. The smallest absolute Gasteiger partial charge is 0.252 e. The van der Waals surface area contributed by atoms with Gasteiger partial charge in [0.1, 0.15) is 34.6 Å². The molecular weight excluding hydrogens is 809 g/mol. The summed E-state index contributed by atoms with van der Waals surface area (Å²) in [5.74, 6) is 0.525. The lowest BCUT2D eigenvalue weighted by atomic mass is 9.85. The normalized spacial score (nSPS) is 20.3. The van der Waals surface area contributed by atoms with Gasteiger partial charge in [-0.05, 0) is 82.1 Å². The number of benzene rings is 2. The summed E-state index contributed by atoms with van der Waals surface area (Å²) in [5, 5.41) is 26.7. The fraction of sp³-hybridized carbons (Fsp3) is 0.457. The van der Waals surface area contributed by atoms with Crippen molar-refractivity contribution in [3.05, 3.63) is 104 Å². The topological polar surface area (TPSA) is 164 Å². The maximum atomic E-state index is 14.4. The van der Waals surface area contributed by atoms with E-state index in [9.17, 15) is 19.5 Å². The molecule has 1 aliphatic carbocycles. The number of aliphatic imine (C=N–C) groups is 1. The number of carbonyl (C=O) groups is 3. The van der Waals surface area contributed by atoms with Crippen molar-refractivity contribution in [3.8, 4) is 15.4 Å². The average molecular weight is 863 g/mol. The molecule has 2 aliphatic heterocycles. The van der Waals surface area contributed by atoms with Crippen LogP contribution in [0.2, 0.25) is 0 Å². The van der Waals surface area contributed by atoms with E-state index >= 15 is 0 Å². The molecule has 1 saturated carbocycles. The Balaban J connectivity index is 0.921. The molecule has 5 heterocycles. The number of β-amino-alcohol motifs (C(OH)–C–C–N with tert-alkyl or cyclic N) is 1. The van der Waals surface area contributed by atoms with E-state index in [1.165, 1.54) is 15.3 Å². The summed E-state index contributed by atoms with van der Waals surface area (Å²) in [7, 11) is 0. The highest BCUT2D eigenvalue weighted by Gasteiger charge is 2.54. The number of thiazole rings is 1. The van der Waals surface area contributed by atoms with Crippen molar-refractivity contribution < 1.29 is 24.2 Å². The number of hydrogen-bond donors (Lipinski definition) is 3. The minimum absolute atomic E-state index is 0.00652. The van der Waals surface area contributed by atoms with E-state index in [1.807, 2.05) is 103 Å². The number of aliphatic hydroxyl groups excluding tert-OH is 1. The Hall–Kier alpha value is -5.09. The summed E-state index contributed by atoms with van der Waals surface area (Å²) < 4.78 is 8.48. The van der Waals surface area contributed by atoms with E-state index in [1.54, 1.807) is 22.7 Å². The lowest BCUT2D eigenvalue weighted by molar-refractivity contribution is -0.147. The second kappa shape index (κ2) is 16.3. The number of aliphatic hydroxyl groups is 1. The predicted molar refractivity (Wildman–Crippen MR) is 237 cm³/mol. The Bertz CT molecular complexity index is 2510. The third kappa shape index (κ3) is 8.20.